The van der Waals surface area contributed by atoms with Crippen LogP contribution in [0.1, 0.15) is 0 Å². The SMILES string of the molecule is COCCOc1cc(-c2nc(-c3cnc4cnccn34)no2)ccn1. The number of hydrogen-bond donors (Lipinski definition) is 0. The van der Waals surface area contributed by atoms with Crippen LogP contribution in [0.2, 0.25) is 0 Å². The lowest BCUT2D eigenvalue weighted by molar-refractivity contribution is 0.144. The van der Waals surface area contributed by atoms with Crippen molar-refractivity contribution in [1.29, 1.82) is 0 Å². The molecule has 0 bridgehead atoms. The molecular formula is C16H14N6O3. The molecule has 0 unspecified atom stereocenters. The van der Waals surface area contributed by atoms with Crippen LogP contribution in [0.15, 0.2) is 47.6 Å². The van der Waals surface area contributed by atoms with Crippen LogP contribution in [-0.2, 0) is 4.74 Å². The summed E-state index contributed by atoms with van der Waals surface area (Å²) in [6.07, 6.45) is 8.43. The van der Waals surface area contributed by atoms with E-state index >= 15 is 0 Å². The molecular weight excluding hydrogens is 324 g/mol. The second-order valence-corrected chi connectivity index (χ2v) is 5.10. The zero-order valence-electron chi connectivity index (χ0n) is 13.4. The largest absolute Gasteiger partial charge is 0.475 e. The van der Waals surface area contributed by atoms with Crippen molar-refractivity contribution in [1.82, 2.24) is 29.5 Å². The summed E-state index contributed by atoms with van der Waals surface area (Å²) < 4.78 is 17.7. The average Bonchev–Trinajstić information content (AvgIpc) is 3.29. The molecule has 4 heterocycles. The monoisotopic (exact) mass is 338 g/mol. The van der Waals surface area contributed by atoms with E-state index in [1.807, 2.05) is 4.40 Å². The highest BCUT2D eigenvalue weighted by Crippen LogP contribution is 2.24. The summed E-state index contributed by atoms with van der Waals surface area (Å²) in [5.41, 5.74) is 2.15. The van der Waals surface area contributed by atoms with Gasteiger partial charge in [0.2, 0.25) is 11.7 Å². The van der Waals surface area contributed by atoms with Crippen LogP contribution in [0.5, 0.6) is 5.88 Å². The Morgan fingerprint density at radius 3 is 3.04 bits per heavy atom. The third-order valence-corrected chi connectivity index (χ3v) is 3.49. The van der Waals surface area contributed by atoms with Gasteiger partial charge in [0.05, 0.1) is 19.0 Å². The first-order valence-electron chi connectivity index (χ1n) is 7.54. The molecule has 126 valence electrons. The van der Waals surface area contributed by atoms with Crippen LogP contribution in [0.25, 0.3) is 28.6 Å². The Morgan fingerprint density at radius 1 is 1.16 bits per heavy atom. The molecule has 0 saturated heterocycles. The van der Waals surface area contributed by atoms with E-state index in [9.17, 15) is 0 Å². The zero-order chi connectivity index (χ0) is 17.1. The van der Waals surface area contributed by atoms with Gasteiger partial charge in [0, 0.05) is 37.3 Å². The first-order chi connectivity index (χ1) is 12.3. The molecule has 0 fully saturated rings. The molecule has 0 radical (unpaired) electrons. The number of hydrogen-bond acceptors (Lipinski definition) is 8. The minimum absolute atomic E-state index is 0.373. The molecule has 0 N–H and O–H groups in total. The van der Waals surface area contributed by atoms with Crippen molar-refractivity contribution < 1.29 is 14.0 Å². The second-order valence-electron chi connectivity index (χ2n) is 5.10. The van der Waals surface area contributed by atoms with Gasteiger partial charge in [-0.3, -0.25) is 9.38 Å². The smallest absolute Gasteiger partial charge is 0.258 e. The van der Waals surface area contributed by atoms with E-state index in [0.29, 0.717) is 36.5 Å². The normalized spacial score (nSPS) is 11.1. The molecule has 0 aliphatic rings. The third kappa shape index (κ3) is 3.04. The number of fused-ring (bicyclic) bond motifs is 1. The van der Waals surface area contributed by atoms with E-state index < -0.39 is 0 Å². The van der Waals surface area contributed by atoms with Crippen molar-refractivity contribution >= 4 is 5.65 Å². The number of pyridine rings is 1. The third-order valence-electron chi connectivity index (χ3n) is 3.49. The number of nitrogens with zero attached hydrogens (tertiary/aromatic N) is 6. The number of aromatic nitrogens is 6. The van der Waals surface area contributed by atoms with Gasteiger partial charge in [0.1, 0.15) is 12.3 Å². The molecule has 0 amide bonds. The first kappa shape index (κ1) is 15.2. The molecule has 25 heavy (non-hydrogen) atoms. The van der Waals surface area contributed by atoms with Crippen molar-refractivity contribution in [2.75, 3.05) is 20.3 Å². The highest BCUT2D eigenvalue weighted by atomic mass is 16.5. The quantitative estimate of drug-likeness (QED) is 0.491. The van der Waals surface area contributed by atoms with Gasteiger partial charge in [0.25, 0.3) is 5.89 Å². The van der Waals surface area contributed by atoms with E-state index in [0.717, 1.165) is 11.3 Å². The Morgan fingerprint density at radius 2 is 2.12 bits per heavy atom. The summed E-state index contributed by atoms with van der Waals surface area (Å²) in [4.78, 5) is 16.9. The number of ether oxygens (including phenoxy) is 2. The summed E-state index contributed by atoms with van der Waals surface area (Å²) in [7, 11) is 1.61. The van der Waals surface area contributed by atoms with E-state index in [1.54, 1.807) is 50.2 Å². The summed E-state index contributed by atoms with van der Waals surface area (Å²) in [6, 6.07) is 3.52. The Labute approximate surface area is 142 Å². The summed E-state index contributed by atoms with van der Waals surface area (Å²) in [5, 5.41) is 4.04. The van der Waals surface area contributed by atoms with Gasteiger partial charge in [-0.15, -0.1) is 0 Å². The predicted molar refractivity (Wildman–Crippen MR) is 86.9 cm³/mol. The van der Waals surface area contributed by atoms with Crippen molar-refractivity contribution in [2.45, 2.75) is 0 Å². The fraction of sp³-hybridized carbons (Fsp3) is 0.188. The lowest BCUT2D eigenvalue weighted by atomic mass is 10.2. The minimum Gasteiger partial charge on any atom is -0.475 e. The van der Waals surface area contributed by atoms with Crippen LogP contribution in [0, 0.1) is 0 Å². The molecule has 0 aliphatic carbocycles. The van der Waals surface area contributed by atoms with Gasteiger partial charge in [-0.1, -0.05) is 5.16 Å². The number of methoxy groups -OCH3 is 1. The molecule has 0 saturated carbocycles. The van der Waals surface area contributed by atoms with Gasteiger partial charge >= 0.3 is 0 Å². The van der Waals surface area contributed by atoms with Crippen molar-refractivity contribution in [3.63, 3.8) is 0 Å². The lowest BCUT2D eigenvalue weighted by Gasteiger charge is -2.04. The van der Waals surface area contributed by atoms with Gasteiger partial charge in [-0.05, 0) is 6.07 Å². The predicted octanol–water partition coefficient (Wildman–Crippen LogP) is 1.87. The number of imidazole rings is 1. The van der Waals surface area contributed by atoms with Gasteiger partial charge < -0.3 is 14.0 Å². The molecule has 0 atom stereocenters. The Kier molecular flexibility index (Phi) is 4.05. The topological polar surface area (TPSA) is 100 Å². The zero-order valence-corrected chi connectivity index (χ0v) is 13.4. The lowest BCUT2D eigenvalue weighted by Crippen LogP contribution is -2.05. The average molecular weight is 338 g/mol. The Balaban J connectivity index is 1.62. The maximum Gasteiger partial charge on any atom is 0.258 e. The van der Waals surface area contributed by atoms with E-state index in [1.165, 1.54) is 0 Å². The fourth-order valence-corrected chi connectivity index (χ4v) is 2.30. The number of rotatable bonds is 6. The first-order valence-corrected chi connectivity index (χ1v) is 7.54. The molecule has 0 aliphatic heterocycles. The van der Waals surface area contributed by atoms with E-state index in [2.05, 4.69) is 25.1 Å². The molecule has 0 aromatic carbocycles. The van der Waals surface area contributed by atoms with Crippen molar-refractivity contribution in [3.8, 4) is 28.9 Å². The van der Waals surface area contributed by atoms with Gasteiger partial charge in [-0.2, -0.15) is 4.98 Å². The minimum atomic E-state index is 0.373. The molecule has 9 heteroatoms. The summed E-state index contributed by atoms with van der Waals surface area (Å²) in [5.74, 6) is 1.28. The highest BCUT2D eigenvalue weighted by Gasteiger charge is 2.15. The molecule has 9 nitrogen and oxygen atoms in total. The summed E-state index contributed by atoms with van der Waals surface area (Å²) in [6.45, 7) is 0.900. The Bertz CT molecular complexity index is 996. The van der Waals surface area contributed by atoms with Crippen molar-refractivity contribution in [2.24, 2.45) is 0 Å². The van der Waals surface area contributed by atoms with Crippen LogP contribution >= 0.6 is 0 Å². The second kappa shape index (κ2) is 6.65. The van der Waals surface area contributed by atoms with E-state index in [-0.39, 0.29) is 0 Å². The highest BCUT2D eigenvalue weighted by molar-refractivity contribution is 5.60. The van der Waals surface area contributed by atoms with Crippen LogP contribution in [0.3, 0.4) is 0 Å². The standard InChI is InChI=1S/C16H14N6O3/c1-23-6-7-24-14-8-11(2-3-18-14)16-20-15(21-25-16)12-9-19-13-10-17-4-5-22(12)13/h2-5,8-10H,6-7H2,1H3. The fourth-order valence-electron chi connectivity index (χ4n) is 2.30. The van der Waals surface area contributed by atoms with Gasteiger partial charge in [0.15, 0.2) is 5.65 Å². The van der Waals surface area contributed by atoms with Crippen LogP contribution in [-0.4, -0.2) is 49.8 Å². The van der Waals surface area contributed by atoms with Crippen LogP contribution < -0.4 is 4.74 Å². The summed E-state index contributed by atoms with van der Waals surface area (Å²) >= 11 is 0. The molecule has 4 rings (SSSR count). The maximum absolute atomic E-state index is 5.50. The Hall–Kier alpha value is -3.33. The molecule has 0 spiro atoms. The van der Waals surface area contributed by atoms with Crippen LogP contribution in [0.4, 0.5) is 0 Å². The van der Waals surface area contributed by atoms with Crippen molar-refractivity contribution in [3.05, 3.63) is 43.1 Å². The van der Waals surface area contributed by atoms with Gasteiger partial charge in [-0.25, -0.2) is 9.97 Å². The van der Waals surface area contributed by atoms with E-state index in [4.69, 9.17) is 14.0 Å². The molecule has 4 aromatic heterocycles. The maximum atomic E-state index is 5.50. The molecule has 4 aromatic rings.